The summed E-state index contributed by atoms with van der Waals surface area (Å²) in [6.07, 6.45) is 7.04. The summed E-state index contributed by atoms with van der Waals surface area (Å²) in [6.45, 7) is 0.854. The number of halogens is 1. The summed E-state index contributed by atoms with van der Waals surface area (Å²) in [7, 11) is 0. The van der Waals surface area contributed by atoms with Crippen molar-refractivity contribution in [3.05, 3.63) is 34.3 Å². The molecule has 0 aromatic heterocycles. The van der Waals surface area contributed by atoms with Gasteiger partial charge in [-0.05, 0) is 36.5 Å². The Kier molecular flexibility index (Phi) is 5.24. The second-order valence-electron chi connectivity index (χ2n) is 5.11. The number of hydrogen-bond donors (Lipinski definition) is 1. The van der Waals surface area contributed by atoms with E-state index in [4.69, 9.17) is 0 Å². The van der Waals surface area contributed by atoms with Gasteiger partial charge in [-0.1, -0.05) is 47.3 Å². The van der Waals surface area contributed by atoms with Gasteiger partial charge < -0.3 is 5.32 Å². The van der Waals surface area contributed by atoms with Crippen molar-refractivity contribution in [3.63, 3.8) is 0 Å². The van der Waals surface area contributed by atoms with Crippen molar-refractivity contribution in [1.82, 2.24) is 5.32 Å². The molecule has 1 fully saturated rings. The first-order valence-electron chi connectivity index (χ1n) is 6.75. The molecule has 1 amide bonds. The van der Waals surface area contributed by atoms with Gasteiger partial charge in [0.1, 0.15) is 0 Å². The van der Waals surface area contributed by atoms with Gasteiger partial charge in [0, 0.05) is 11.0 Å². The summed E-state index contributed by atoms with van der Waals surface area (Å²) < 4.78 is 1.03. The van der Waals surface area contributed by atoms with E-state index in [1.165, 1.54) is 32.1 Å². The zero-order valence-electron chi connectivity index (χ0n) is 10.6. The summed E-state index contributed by atoms with van der Waals surface area (Å²) in [4.78, 5) is 11.8. The minimum atomic E-state index is 0.138. The van der Waals surface area contributed by atoms with Crippen LogP contribution in [0.4, 0.5) is 0 Å². The predicted molar refractivity (Wildman–Crippen MR) is 77.4 cm³/mol. The molecule has 1 N–H and O–H groups in total. The largest absolute Gasteiger partial charge is 0.356 e. The van der Waals surface area contributed by atoms with Gasteiger partial charge in [0.15, 0.2) is 0 Å². The van der Waals surface area contributed by atoms with Crippen molar-refractivity contribution < 1.29 is 4.79 Å². The second-order valence-corrected chi connectivity index (χ2v) is 6.03. The van der Waals surface area contributed by atoms with E-state index in [0.717, 1.165) is 16.6 Å². The highest BCUT2D eigenvalue weighted by atomic mass is 79.9. The van der Waals surface area contributed by atoms with Crippen molar-refractivity contribution >= 4 is 21.8 Å². The van der Waals surface area contributed by atoms with Gasteiger partial charge in [-0.2, -0.15) is 0 Å². The van der Waals surface area contributed by atoms with E-state index in [2.05, 4.69) is 21.2 Å². The zero-order chi connectivity index (χ0) is 12.8. The van der Waals surface area contributed by atoms with Crippen LogP contribution in [0.25, 0.3) is 0 Å². The third-order valence-electron chi connectivity index (χ3n) is 3.57. The first-order valence-corrected chi connectivity index (χ1v) is 7.54. The van der Waals surface area contributed by atoms with Crippen LogP contribution in [-0.4, -0.2) is 12.5 Å². The fourth-order valence-corrected chi connectivity index (χ4v) is 2.99. The van der Waals surface area contributed by atoms with Crippen LogP contribution in [0.2, 0.25) is 0 Å². The molecule has 0 atom stereocenters. The summed E-state index contributed by atoms with van der Waals surface area (Å²) in [6, 6.07) is 7.93. The van der Waals surface area contributed by atoms with E-state index >= 15 is 0 Å². The molecule has 1 aliphatic carbocycles. The summed E-state index contributed by atoms with van der Waals surface area (Å²) in [5.74, 6) is 0.837. The number of benzene rings is 1. The Balaban J connectivity index is 1.74. The maximum atomic E-state index is 11.8. The molecule has 1 aromatic rings. The number of hydrogen-bond acceptors (Lipinski definition) is 1. The van der Waals surface area contributed by atoms with Gasteiger partial charge in [-0.15, -0.1) is 0 Å². The molecule has 0 bridgehead atoms. The van der Waals surface area contributed by atoms with E-state index in [-0.39, 0.29) is 5.91 Å². The van der Waals surface area contributed by atoms with Crippen LogP contribution in [0.15, 0.2) is 28.7 Å². The van der Waals surface area contributed by atoms with E-state index in [0.29, 0.717) is 12.3 Å². The topological polar surface area (TPSA) is 29.1 Å². The molecule has 18 heavy (non-hydrogen) atoms. The Morgan fingerprint density at radius 2 is 2.06 bits per heavy atom. The minimum absolute atomic E-state index is 0.138. The molecule has 0 heterocycles. The third-order valence-corrected chi connectivity index (χ3v) is 4.06. The lowest BCUT2D eigenvalue weighted by atomic mass is 9.89. The molecule has 0 saturated heterocycles. The molecule has 2 nitrogen and oxygen atoms in total. The van der Waals surface area contributed by atoms with Crippen molar-refractivity contribution in [2.45, 2.75) is 38.5 Å². The number of nitrogens with one attached hydrogen (secondary N) is 1. The van der Waals surface area contributed by atoms with E-state index < -0.39 is 0 Å². The average Bonchev–Trinajstić information content (AvgIpc) is 2.38. The Labute approximate surface area is 117 Å². The fourth-order valence-electron chi connectivity index (χ4n) is 2.54. The lowest BCUT2D eigenvalue weighted by Crippen LogP contribution is -2.31. The van der Waals surface area contributed by atoms with Gasteiger partial charge >= 0.3 is 0 Å². The Hall–Kier alpha value is -0.830. The van der Waals surface area contributed by atoms with E-state index in [1.807, 2.05) is 24.3 Å². The number of amides is 1. The second kappa shape index (κ2) is 6.93. The zero-order valence-corrected chi connectivity index (χ0v) is 12.2. The normalized spacial score (nSPS) is 16.5. The van der Waals surface area contributed by atoms with Gasteiger partial charge in [-0.25, -0.2) is 0 Å². The standard InChI is InChI=1S/C15H20BrNO/c16-14-8-4-7-13(9-14)10-15(18)17-11-12-5-2-1-3-6-12/h4,7-9,12H,1-3,5-6,10-11H2,(H,17,18). The van der Waals surface area contributed by atoms with Crippen LogP contribution in [0.5, 0.6) is 0 Å². The Morgan fingerprint density at radius 1 is 1.28 bits per heavy atom. The molecule has 98 valence electrons. The SMILES string of the molecule is O=C(Cc1cccc(Br)c1)NCC1CCCCC1. The molecule has 3 heteroatoms. The molecule has 2 rings (SSSR count). The lowest BCUT2D eigenvalue weighted by molar-refractivity contribution is -0.120. The molecular formula is C15H20BrNO. The molecule has 0 unspecified atom stereocenters. The lowest BCUT2D eigenvalue weighted by Gasteiger charge is -2.21. The summed E-state index contributed by atoms with van der Waals surface area (Å²) in [5, 5.41) is 3.07. The van der Waals surface area contributed by atoms with Crippen molar-refractivity contribution in [1.29, 1.82) is 0 Å². The van der Waals surface area contributed by atoms with Gasteiger partial charge in [0.2, 0.25) is 5.91 Å². The van der Waals surface area contributed by atoms with E-state index in [1.54, 1.807) is 0 Å². The molecule has 0 radical (unpaired) electrons. The fraction of sp³-hybridized carbons (Fsp3) is 0.533. The van der Waals surface area contributed by atoms with Gasteiger partial charge in [0.25, 0.3) is 0 Å². The first-order chi connectivity index (χ1) is 8.74. The van der Waals surface area contributed by atoms with Crippen LogP contribution in [0, 0.1) is 5.92 Å². The molecule has 1 aromatic carbocycles. The number of carbonyl (C=O) groups is 1. The maximum Gasteiger partial charge on any atom is 0.224 e. The van der Waals surface area contributed by atoms with Gasteiger partial charge in [-0.3, -0.25) is 4.79 Å². The number of carbonyl (C=O) groups excluding carboxylic acids is 1. The minimum Gasteiger partial charge on any atom is -0.356 e. The van der Waals surface area contributed by atoms with Crippen molar-refractivity contribution in [3.8, 4) is 0 Å². The van der Waals surface area contributed by atoms with Crippen LogP contribution in [0.3, 0.4) is 0 Å². The maximum absolute atomic E-state index is 11.8. The molecule has 0 aliphatic heterocycles. The van der Waals surface area contributed by atoms with Crippen molar-refractivity contribution in [2.24, 2.45) is 5.92 Å². The molecule has 0 spiro atoms. The highest BCUT2D eigenvalue weighted by molar-refractivity contribution is 9.10. The van der Waals surface area contributed by atoms with Crippen LogP contribution < -0.4 is 5.32 Å². The van der Waals surface area contributed by atoms with Crippen LogP contribution >= 0.6 is 15.9 Å². The van der Waals surface area contributed by atoms with Crippen LogP contribution in [0.1, 0.15) is 37.7 Å². The number of rotatable bonds is 4. The summed E-state index contributed by atoms with van der Waals surface area (Å²) >= 11 is 3.42. The molecule has 1 saturated carbocycles. The quantitative estimate of drug-likeness (QED) is 0.903. The average molecular weight is 310 g/mol. The molecular weight excluding hydrogens is 290 g/mol. The Morgan fingerprint density at radius 3 is 2.78 bits per heavy atom. The predicted octanol–water partition coefficient (Wildman–Crippen LogP) is 3.69. The molecule has 1 aliphatic rings. The smallest absolute Gasteiger partial charge is 0.224 e. The highest BCUT2D eigenvalue weighted by Crippen LogP contribution is 2.22. The summed E-state index contributed by atoms with van der Waals surface area (Å²) in [5.41, 5.74) is 1.06. The Bertz CT molecular complexity index is 399. The van der Waals surface area contributed by atoms with Crippen LogP contribution in [-0.2, 0) is 11.2 Å². The van der Waals surface area contributed by atoms with E-state index in [9.17, 15) is 4.79 Å². The first kappa shape index (κ1) is 13.6. The van der Waals surface area contributed by atoms with Crippen molar-refractivity contribution in [2.75, 3.05) is 6.54 Å². The highest BCUT2D eigenvalue weighted by Gasteiger charge is 2.14. The van der Waals surface area contributed by atoms with Gasteiger partial charge in [0.05, 0.1) is 6.42 Å². The third kappa shape index (κ3) is 4.45. The monoisotopic (exact) mass is 309 g/mol.